The molecule has 2 rings (SSSR count). The van der Waals surface area contributed by atoms with E-state index in [-0.39, 0.29) is 5.79 Å². The van der Waals surface area contributed by atoms with Crippen LogP contribution in [0.3, 0.4) is 0 Å². The number of hydrogen-bond acceptors (Lipinski definition) is 2. The molecule has 0 amide bonds. The average Bonchev–Trinajstić information content (AvgIpc) is 2.37. The van der Waals surface area contributed by atoms with E-state index in [0.717, 1.165) is 19.4 Å². The van der Waals surface area contributed by atoms with E-state index >= 15 is 0 Å². The number of ether oxygens (including phenoxy) is 2. The molecule has 0 radical (unpaired) electrons. The van der Waals surface area contributed by atoms with Crippen LogP contribution in [0.2, 0.25) is 0 Å². The van der Waals surface area contributed by atoms with Gasteiger partial charge in [-0.25, -0.2) is 0 Å². The molecule has 2 atom stereocenters. The molecule has 0 bridgehead atoms. The lowest BCUT2D eigenvalue weighted by Crippen LogP contribution is -2.38. The van der Waals surface area contributed by atoms with Crippen molar-refractivity contribution in [2.24, 2.45) is 0 Å². The number of rotatable bonds is 0. The Hall–Kier alpha value is -0.0800. The van der Waals surface area contributed by atoms with E-state index in [1.54, 1.807) is 0 Å². The molecule has 2 heteroatoms. The Balaban J connectivity index is 2.00. The molecule has 0 aliphatic carbocycles. The van der Waals surface area contributed by atoms with Crippen LogP contribution in [0.4, 0.5) is 0 Å². The fourth-order valence-electron chi connectivity index (χ4n) is 2.11. The minimum Gasteiger partial charge on any atom is -0.350 e. The van der Waals surface area contributed by atoms with E-state index < -0.39 is 0 Å². The minimum absolute atomic E-state index is 0.155. The largest absolute Gasteiger partial charge is 0.350 e. The van der Waals surface area contributed by atoms with Gasteiger partial charge in [-0.1, -0.05) is 0 Å². The molecule has 2 heterocycles. The zero-order chi connectivity index (χ0) is 7.73. The molecule has 2 fully saturated rings. The maximum Gasteiger partial charge on any atom is 0.168 e. The summed E-state index contributed by atoms with van der Waals surface area (Å²) in [6, 6.07) is 0. The summed E-state index contributed by atoms with van der Waals surface area (Å²) in [5, 5.41) is 0. The van der Waals surface area contributed by atoms with Gasteiger partial charge in [-0.15, -0.1) is 0 Å². The molecule has 2 aliphatic rings. The summed E-state index contributed by atoms with van der Waals surface area (Å²) in [6.45, 7) is 3.04. The fourth-order valence-corrected chi connectivity index (χ4v) is 2.11. The lowest BCUT2D eigenvalue weighted by Gasteiger charge is -2.36. The standard InChI is InChI=1S/C9H16O2/c1-8-4-2-5-9(11-8)6-3-7-10-9/h8H,2-7H2,1H3. The third-order valence-corrected chi connectivity index (χ3v) is 2.65. The molecule has 0 N–H and O–H groups in total. The van der Waals surface area contributed by atoms with Gasteiger partial charge in [0.2, 0.25) is 0 Å². The van der Waals surface area contributed by atoms with Crippen LogP contribution in [0.15, 0.2) is 0 Å². The second-order valence-electron chi connectivity index (χ2n) is 3.68. The highest BCUT2D eigenvalue weighted by Gasteiger charge is 2.39. The van der Waals surface area contributed by atoms with Crippen molar-refractivity contribution in [2.75, 3.05) is 6.61 Å². The van der Waals surface area contributed by atoms with E-state index in [4.69, 9.17) is 9.47 Å². The first-order chi connectivity index (χ1) is 5.31. The molecule has 2 saturated heterocycles. The van der Waals surface area contributed by atoms with Gasteiger partial charge >= 0.3 is 0 Å². The van der Waals surface area contributed by atoms with Crippen molar-refractivity contribution in [2.45, 2.75) is 50.9 Å². The summed E-state index contributed by atoms with van der Waals surface area (Å²) in [4.78, 5) is 0. The normalized spacial score (nSPS) is 45.0. The van der Waals surface area contributed by atoms with Gasteiger partial charge < -0.3 is 9.47 Å². The molecule has 64 valence electrons. The van der Waals surface area contributed by atoms with Gasteiger partial charge in [0.1, 0.15) is 0 Å². The van der Waals surface area contributed by atoms with Crippen molar-refractivity contribution in [3.8, 4) is 0 Å². The van der Waals surface area contributed by atoms with Crippen LogP contribution in [-0.2, 0) is 9.47 Å². The first-order valence-corrected chi connectivity index (χ1v) is 4.63. The van der Waals surface area contributed by atoms with Crippen LogP contribution >= 0.6 is 0 Å². The first kappa shape index (κ1) is 7.56. The third kappa shape index (κ3) is 1.42. The van der Waals surface area contributed by atoms with Gasteiger partial charge in [0.15, 0.2) is 5.79 Å². The summed E-state index contributed by atoms with van der Waals surface area (Å²) in [7, 11) is 0. The van der Waals surface area contributed by atoms with Crippen molar-refractivity contribution >= 4 is 0 Å². The van der Waals surface area contributed by atoms with Gasteiger partial charge in [-0.2, -0.15) is 0 Å². The van der Waals surface area contributed by atoms with Crippen molar-refractivity contribution in [3.63, 3.8) is 0 Å². The maximum atomic E-state index is 5.81. The topological polar surface area (TPSA) is 18.5 Å². The van der Waals surface area contributed by atoms with Gasteiger partial charge in [0, 0.05) is 12.8 Å². The summed E-state index contributed by atoms with van der Waals surface area (Å²) < 4.78 is 11.4. The molecule has 1 spiro atoms. The maximum absolute atomic E-state index is 5.81. The Morgan fingerprint density at radius 1 is 1.27 bits per heavy atom. The lowest BCUT2D eigenvalue weighted by molar-refractivity contribution is -0.253. The summed E-state index contributed by atoms with van der Waals surface area (Å²) in [5.41, 5.74) is 0. The monoisotopic (exact) mass is 156 g/mol. The molecule has 2 unspecified atom stereocenters. The SMILES string of the molecule is CC1CCCC2(CCCO2)O1. The average molecular weight is 156 g/mol. The highest BCUT2D eigenvalue weighted by molar-refractivity contribution is 4.80. The van der Waals surface area contributed by atoms with Crippen molar-refractivity contribution < 1.29 is 9.47 Å². The van der Waals surface area contributed by atoms with E-state index in [1.165, 1.54) is 19.3 Å². The fraction of sp³-hybridized carbons (Fsp3) is 1.00. The summed E-state index contributed by atoms with van der Waals surface area (Å²) in [5.74, 6) is -0.155. The molecule has 0 aromatic carbocycles. The van der Waals surface area contributed by atoms with E-state index in [1.807, 2.05) is 0 Å². The molecule has 0 aromatic rings. The molecule has 0 aromatic heterocycles. The van der Waals surface area contributed by atoms with Crippen molar-refractivity contribution in [3.05, 3.63) is 0 Å². The highest BCUT2D eigenvalue weighted by Crippen LogP contribution is 2.37. The Kier molecular flexibility index (Phi) is 1.90. The zero-order valence-electron chi connectivity index (χ0n) is 7.14. The summed E-state index contributed by atoms with van der Waals surface area (Å²) in [6.07, 6.45) is 6.26. The van der Waals surface area contributed by atoms with Crippen LogP contribution in [0.1, 0.15) is 39.0 Å². The van der Waals surface area contributed by atoms with Crippen molar-refractivity contribution in [1.29, 1.82) is 0 Å². The molecule has 0 saturated carbocycles. The Morgan fingerprint density at radius 2 is 2.09 bits per heavy atom. The van der Waals surface area contributed by atoms with Crippen LogP contribution in [0, 0.1) is 0 Å². The van der Waals surface area contributed by atoms with E-state index in [0.29, 0.717) is 6.10 Å². The second-order valence-corrected chi connectivity index (χ2v) is 3.68. The number of hydrogen-bond donors (Lipinski definition) is 0. The molecular weight excluding hydrogens is 140 g/mol. The predicted molar refractivity (Wildman–Crippen MR) is 42.3 cm³/mol. The van der Waals surface area contributed by atoms with Crippen LogP contribution in [0.5, 0.6) is 0 Å². The second kappa shape index (κ2) is 2.76. The zero-order valence-corrected chi connectivity index (χ0v) is 7.14. The van der Waals surface area contributed by atoms with E-state index in [9.17, 15) is 0 Å². The van der Waals surface area contributed by atoms with E-state index in [2.05, 4.69) is 6.92 Å². The van der Waals surface area contributed by atoms with Gasteiger partial charge in [-0.3, -0.25) is 0 Å². The smallest absolute Gasteiger partial charge is 0.168 e. The predicted octanol–water partition coefficient (Wildman–Crippen LogP) is 2.08. The van der Waals surface area contributed by atoms with Crippen LogP contribution < -0.4 is 0 Å². The summed E-state index contributed by atoms with van der Waals surface area (Å²) >= 11 is 0. The first-order valence-electron chi connectivity index (χ1n) is 4.63. The molecule has 2 nitrogen and oxygen atoms in total. The van der Waals surface area contributed by atoms with Gasteiger partial charge in [0.25, 0.3) is 0 Å². The van der Waals surface area contributed by atoms with Crippen LogP contribution in [-0.4, -0.2) is 18.5 Å². The quantitative estimate of drug-likeness (QED) is 0.534. The molecule has 11 heavy (non-hydrogen) atoms. The van der Waals surface area contributed by atoms with Gasteiger partial charge in [-0.05, 0) is 26.2 Å². The van der Waals surface area contributed by atoms with Crippen LogP contribution in [0.25, 0.3) is 0 Å². The third-order valence-electron chi connectivity index (χ3n) is 2.65. The Bertz CT molecular complexity index is 138. The molecule has 2 aliphatic heterocycles. The Labute approximate surface area is 67.9 Å². The van der Waals surface area contributed by atoms with Gasteiger partial charge in [0.05, 0.1) is 12.7 Å². The van der Waals surface area contributed by atoms with Crippen molar-refractivity contribution in [1.82, 2.24) is 0 Å². The minimum atomic E-state index is -0.155. The highest BCUT2D eigenvalue weighted by atomic mass is 16.7. The Morgan fingerprint density at radius 3 is 2.73 bits per heavy atom. The molecular formula is C9H16O2. The lowest BCUT2D eigenvalue weighted by atomic mass is 10.00.